The molecule has 0 saturated heterocycles. The first-order valence-corrected chi connectivity index (χ1v) is 18.3. The first kappa shape index (κ1) is 16.1. The minimum atomic E-state index is -0.958. The first-order valence-electron chi connectivity index (χ1n) is 30.0. The van der Waals surface area contributed by atoms with E-state index in [1.165, 1.54) is 4.57 Å². The fourth-order valence-electron chi connectivity index (χ4n) is 7.40. The van der Waals surface area contributed by atoms with Crippen LogP contribution in [0.25, 0.3) is 109 Å². The zero-order chi connectivity index (χ0) is 59.2. The Morgan fingerprint density at radius 3 is 1.61 bits per heavy atom. The molecule has 3 aromatic heterocycles. The number of hydrogen-bond acceptors (Lipinski definition) is 1. The van der Waals surface area contributed by atoms with Gasteiger partial charge in [0.15, 0.2) is 0 Å². The van der Waals surface area contributed by atoms with Gasteiger partial charge in [0.2, 0.25) is 0 Å². The maximum absolute atomic E-state index is 10.2. The number of thiophene rings is 1. The lowest BCUT2D eigenvalue weighted by molar-refractivity contribution is 1.18. The van der Waals surface area contributed by atoms with Crippen molar-refractivity contribution in [1.29, 1.82) is 0 Å². The third-order valence-corrected chi connectivity index (χ3v) is 10.8. The van der Waals surface area contributed by atoms with Crippen LogP contribution < -0.4 is 0 Å². The molecular formula is C54H34N2S. The second-order valence-electron chi connectivity index (χ2n) is 12.9. The van der Waals surface area contributed by atoms with Crippen LogP contribution in [0.3, 0.4) is 0 Å². The molecule has 0 atom stereocenters. The molecule has 0 unspecified atom stereocenters. The van der Waals surface area contributed by atoms with Gasteiger partial charge >= 0.3 is 0 Å². The van der Waals surface area contributed by atoms with E-state index in [1.54, 1.807) is 54.6 Å². The normalized spacial score (nSPS) is 18.0. The number of aromatic nitrogens is 2. The van der Waals surface area contributed by atoms with Crippen molar-refractivity contribution in [1.82, 2.24) is 9.13 Å². The first-order chi connectivity index (χ1) is 38.7. The predicted molar refractivity (Wildman–Crippen MR) is 244 cm³/mol. The highest BCUT2D eigenvalue weighted by molar-refractivity contribution is 7.26. The van der Waals surface area contributed by atoms with Crippen molar-refractivity contribution in [3.8, 4) is 44.8 Å². The molecule has 0 aliphatic rings. The van der Waals surface area contributed by atoms with Crippen LogP contribution in [0.2, 0.25) is 0 Å². The lowest BCUT2D eigenvalue weighted by Crippen LogP contribution is -1.97. The molecule has 0 N–H and O–H groups in total. The van der Waals surface area contributed by atoms with Crippen LogP contribution in [-0.2, 0) is 0 Å². The van der Waals surface area contributed by atoms with Gasteiger partial charge in [-0.2, -0.15) is 0 Å². The van der Waals surface area contributed by atoms with E-state index in [9.17, 15) is 17.8 Å². The van der Waals surface area contributed by atoms with Gasteiger partial charge < -0.3 is 9.13 Å². The van der Waals surface area contributed by atoms with Gasteiger partial charge in [-0.05, 0) is 88.3 Å². The summed E-state index contributed by atoms with van der Waals surface area (Å²) in [4.78, 5) is 0. The summed E-state index contributed by atoms with van der Waals surface area (Å²) in [6.45, 7) is 0. The predicted octanol–water partition coefficient (Wildman–Crippen LogP) is 15.2. The molecule has 0 amide bonds. The summed E-state index contributed by atoms with van der Waals surface area (Å²) in [5.74, 6) is 0. The molecule has 0 saturated carbocycles. The lowest BCUT2D eigenvalue weighted by Gasteiger charge is -2.14. The fraction of sp³-hybridized carbons (Fsp3) is 0. The molecule has 12 aromatic rings. The van der Waals surface area contributed by atoms with Gasteiger partial charge in [-0.1, -0.05) is 145 Å². The lowest BCUT2D eigenvalue weighted by atomic mass is 10.00. The van der Waals surface area contributed by atoms with Crippen molar-refractivity contribution < 1.29 is 34.3 Å². The summed E-state index contributed by atoms with van der Waals surface area (Å²) in [6, 6.07) is -3.95. The minimum absolute atomic E-state index is 0.180. The van der Waals surface area contributed by atoms with E-state index in [0.29, 0.717) is 28.2 Å². The molecule has 2 nitrogen and oxygen atoms in total. The van der Waals surface area contributed by atoms with Crippen LogP contribution in [0.5, 0.6) is 0 Å². The molecule has 3 heteroatoms. The fourth-order valence-corrected chi connectivity index (χ4v) is 8.42. The van der Waals surface area contributed by atoms with E-state index in [4.69, 9.17) is 16.4 Å². The number of para-hydroxylation sites is 3. The summed E-state index contributed by atoms with van der Waals surface area (Å²) < 4.78 is 233. The zero-order valence-electron chi connectivity index (χ0n) is 54.0. The molecule has 0 radical (unpaired) electrons. The van der Waals surface area contributed by atoms with Crippen molar-refractivity contribution in [3.63, 3.8) is 0 Å². The van der Waals surface area contributed by atoms with Crippen LogP contribution in [0.15, 0.2) is 206 Å². The summed E-state index contributed by atoms with van der Waals surface area (Å²) in [6.07, 6.45) is 0. The second kappa shape index (κ2) is 12.7. The molecule has 3 heterocycles. The van der Waals surface area contributed by atoms with Gasteiger partial charge in [0.05, 0.1) is 67.7 Å². The number of nitrogens with zero attached hydrogens (tertiary/aromatic N) is 2. The molecule has 0 spiro atoms. The molecular weight excluding hydrogens is 709 g/mol. The summed E-state index contributed by atoms with van der Waals surface area (Å²) in [5.41, 5.74) is -3.42. The zero-order valence-corrected chi connectivity index (χ0v) is 29.8. The Morgan fingerprint density at radius 1 is 0.351 bits per heavy atom. The van der Waals surface area contributed by atoms with Crippen LogP contribution in [0.1, 0.15) is 34.3 Å². The third-order valence-electron chi connectivity index (χ3n) is 9.82. The monoisotopic (exact) mass is 767 g/mol. The molecule has 0 aliphatic heterocycles. The van der Waals surface area contributed by atoms with Crippen molar-refractivity contribution in [2.75, 3.05) is 0 Å². The largest absolute Gasteiger partial charge is 0.309 e. The Hall–Kier alpha value is -7.20. The van der Waals surface area contributed by atoms with Gasteiger partial charge in [0, 0.05) is 47.3 Å². The third kappa shape index (κ3) is 4.96. The molecule has 12 rings (SSSR count). The van der Waals surface area contributed by atoms with E-state index in [2.05, 4.69) is 0 Å². The van der Waals surface area contributed by atoms with E-state index < -0.39 is 201 Å². The van der Waals surface area contributed by atoms with Gasteiger partial charge in [0.25, 0.3) is 0 Å². The van der Waals surface area contributed by atoms with Gasteiger partial charge in [-0.15, -0.1) is 11.3 Å². The Morgan fingerprint density at radius 2 is 0.912 bits per heavy atom. The smallest absolute Gasteiger partial charge is 0.0652 e. The number of fused-ring (bicyclic) bond motifs is 9. The number of hydrogen-bond donors (Lipinski definition) is 0. The maximum Gasteiger partial charge on any atom is 0.0652 e. The van der Waals surface area contributed by atoms with E-state index >= 15 is 0 Å². The molecule has 0 aliphatic carbocycles. The Labute approximate surface area is 368 Å². The van der Waals surface area contributed by atoms with Gasteiger partial charge in [-0.3, -0.25) is 0 Å². The average Bonchev–Trinajstić information content (AvgIpc) is 1.82. The number of rotatable bonds is 5. The van der Waals surface area contributed by atoms with Crippen molar-refractivity contribution in [2.45, 2.75) is 0 Å². The maximum atomic E-state index is 10.2. The standard InChI is InChI=1S/C54H34N2S/c1-3-15-35(16-4-1)39-33-51(54-43-22-10-14-26-52(43)57-53(54)34-39)56-48-25-13-9-21-42(48)45-32-38(28-30-50(45)56)37-27-29-49-44(31-37)41-20-8-12-24-47(41)55(49)46-23-11-7-19-40(46)36-17-5-2-6-18-36/h1-34H/i1D,3D,4D,8D,9D,10D,12D,13D,14D,15D,16D,20D,21D,22D,24D,25D,26D,27D,28D,29D,30D,31D,32D,33D,34D. The molecule has 266 valence electrons. The second-order valence-corrected chi connectivity index (χ2v) is 14.0. The van der Waals surface area contributed by atoms with Crippen LogP contribution in [0.4, 0.5) is 0 Å². The summed E-state index contributed by atoms with van der Waals surface area (Å²) in [7, 11) is 0. The number of benzene rings is 9. The quantitative estimate of drug-likeness (QED) is 0.165. The van der Waals surface area contributed by atoms with Gasteiger partial charge in [0.1, 0.15) is 0 Å². The van der Waals surface area contributed by atoms with Crippen molar-refractivity contribution >= 4 is 75.1 Å². The highest BCUT2D eigenvalue weighted by Crippen LogP contribution is 2.44. The van der Waals surface area contributed by atoms with E-state index in [-0.39, 0.29) is 42.0 Å². The minimum Gasteiger partial charge on any atom is -0.309 e. The average molecular weight is 768 g/mol. The van der Waals surface area contributed by atoms with Gasteiger partial charge in [-0.25, -0.2) is 0 Å². The molecule has 9 aromatic carbocycles. The topological polar surface area (TPSA) is 9.86 Å². The van der Waals surface area contributed by atoms with E-state index in [1.807, 2.05) is 0 Å². The summed E-state index contributed by atoms with van der Waals surface area (Å²) >= 11 is 0.619. The highest BCUT2D eigenvalue weighted by Gasteiger charge is 2.20. The SMILES string of the molecule is [2H]c1c([2H])c([2H])c(-c2c([2H])c(-n3c4c([2H])c([2H])c([2H])c([2H])c4c4c([2H])c(-c5c([2H])c([2H])c6c(c5[2H])c5c([2H])c([2H])c([2H])c([2H])c5n6-c5ccccc5-c5ccccc5)c([2H])c([2H])c43)c3c(sc4c([2H])c([2H])c([2H])c([2H])c43)c2[2H])c([2H])c1[2H]. The van der Waals surface area contributed by atoms with Crippen LogP contribution >= 0.6 is 11.3 Å². The van der Waals surface area contributed by atoms with Crippen LogP contribution in [0, 0.1) is 0 Å². The van der Waals surface area contributed by atoms with E-state index in [0.717, 1.165) is 4.57 Å². The highest BCUT2D eigenvalue weighted by atomic mass is 32.1. The Balaban J connectivity index is 1.30. The Bertz CT molecular complexity index is 4960. The van der Waals surface area contributed by atoms with Crippen molar-refractivity contribution in [3.05, 3.63) is 206 Å². The molecule has 57 heavy (non-hydrogen) atoms. The van der Waals surface area contributed by atoms with Crippen molar-refractivity contribution in [2.24, 2.45) is 0 Å². The molecule has 0 bridgehead atoms. The summed E-state index contributed by atoms with van der Waals surface area (Å²) in [5, 5.41) is -2.32. The molecule has 0 fully saturated rings. The Kier molecular flexibility index (Phi) is 3.58. The van der Waals surface area contributed by atoms with Crippen LogP contribution in [-0.4, -0.2) is 9.13 Å².